The zero-order chi connectivity index (χ0) is 30.9. The number of imidazole rings is 1. The van der Waals surface area contributed by atoms with Gasteiger partial charge in [0.25, 0.3) is 12.4 Å². The molecule has 3 aromatic heterocycles. The van der Waals surface area contributed by atoms with Crippen LogP contribution in [0.3, 0.4) is 0 Å². The van der Waals surface area contributed by atoms with Crippen molar-refractivity contribution in [1.82, 2.24) is 34.4 Å². The molecule has 0 atom stereocenters. The van der Waals surface area contributed by atoms with Crippen LogP contribution < -0.4 is 21.1 Å². The Balaban J connectivity index is 1.44. The van der Waals surface area contributed by atoms with Gasteiger partial charge in [-0.15, -0.1) is 0 Å². The van der Waals surface area contributed by atoms with Gasteiger partial charge in [0.15, 0.2) is 22.9 Å². The van der Waals surface area contributed by atoms with Crippen molar-refractivity contribution in [2.45, 2.75) is 25.7 Å². The molecule has 14 nitrogen and oxygen atoms in total. The van der Waals surface area contributed by atoms with E-state index in [1.807, 2.05) is 0 Å². The average molecular weight is 597 g/mol. The fraction of sp³-hybridized carbons (Fsp3) is 0.269. The molecule has 0 aliphatic carbocycles. The molecule has 4 aromatic rings. The molecule has 1 aromatic carbocycles. The molecule has 4 N–H and O–H groups in total. The Bertz CT molecular complexity index is 1770. The van der Waals surface area contributed by atoms with Crippen molar-refractivity contribution in [3.63, 3.8) is 0 Å². The van der Waals surface area contributed by atoms with E-state index in [4.69, 9.17) is 15.7 Å². The van der Waals surface area contributed by atoms with Crippen molar-refractivity contribution < 1.29 is 32.3 Å². The van der Waals surface area contributed by atoms with E-state index in [-0.39, 0.29) is 76.8 Å². The first kappa shape index (κ1) is 29.0. The second-order valence-corrected chi connectivity index (χ2v) is 9.55. The lowest BCUT2D eigenvalue weighted by Gasteiger charge is -2.36. The van der Waals surface area contributed by atoms with Gasteiger partial charge in [-0.1, -0.05) is 0 Å². The van der Waals surface area contributed by atoms with Gasteiger partial charge in [-0.25, -0.2) is 9.97 Å². The summed E-state index contributed by atoms with van der Waals surface area (Å²) in [5, 5.41) is 17.9. The number of hydrogen-bond donors (Lipinski definition) is 3. The number of hydrogen-bond acceptors (Lipinski definition) is 10. The van der Waals surface area contributed by atoms with Crippen LogP contribution in [0.1, 0.15) is 21.6 Å². The van der Waals surface area contributed by atoms with Crippen LogP contribution in [0.5, 0.6) is 5.75 Å². The van der Waals surface area contributed by atoms with Crippen LogP contribution in [0.15, 0.2) is 36.9 Å². The predicted molar refractivity (Wildman–Crippen MR) is 143 cm³/mol. The van der Waals surface area contributed by atoms with Crippen molar-refractivity contribution in [1.29, 1.82) is 5.26 Å². The maximum absolute atomic E-state index is 13.8. The monoisotopic (exact) mass is 596 g/mol. The van der Waals surface area contributed by atoms with E-state index < -0.39 is 17.8 Å². The third-order valence-corrected chi connectivity index (χ3v) is 6.70. The zero-order valence-corrected chi connectivity index (χ0v) is 22.4. The van der Waals surface area contributed by atoms with Gasteiger partial charge >= 0.3 is 6.18 Å². The lowest BCUT2D eigenvalue weighted by Crippen LogP contribution is -2.59. The molecule has 0 bridgehead atoms. The Labute approximate surface area is 240 Å². The first-order chi connectivity index (χ1) is 20.5. The molecular formula is C26H23F3N10O4. The number of halogens is 3. The second-order valence-electron chi connectivity index (χ2n) is 9.55. The quantitative estimate of drug-likeness (QED) is 0.240. The van der Waals surface area contributed by atoms with E-state index in [0.29, 0.717) is 13.1 Å². The molecule has 1 aliphatic rings. The Kier molecular flexibility index (Phi) is 7.70. The minimum absolute atomic E-state index is 0.0181. The van der Waals surface area contributed by atoms with Gasteiger partial charge in [-0.3, -0.25) is 23.5 Å². The van der Waals surface area contributed by atoms with Gasteiger partial charge in [-0.05, 0) is 19.1 Å². The molecule has 43 heavy (non-hydrogen) atoms. The number of carbonyl (C=O) groups excluding carboxylic acids is 3. The molecule has 0 radical (unpaired) electrons. The number of likely N-dealkylation sites (tertiary alicyclic amines) is 1. The number of nitrogens with one attached hydrogen (secondary N) is 2. The highest BCUT2D eigenvalue weighted by Crippen LogP contribution is 2.38. The molecule has 1 fully saturated rings. The largest absolute Gasteiger partial charge is 0.435 e. The van der Waals surface area contributed by atoms with Crippen molar-refractivity contribution in [2.75, 3.05) is 25.0 Å². The highest BCUT2D eigenvalue weighted by molar-refractivity contribution is 5.99. The fourth-order valence-electron chi connectivity index (χ4n) is 4.62. The van der Waals surface area contributed by atoms with Crippen molar-refractivity contribution in [3.05, 3.63) is 53.7 Å². The minimum atomic E-state index is -4.80. The van der Waals surface area contributed by atoms with E-state index in [2.05, 4.69) is 25.7 Å². The maximum Gasteiger partial charge on any atom is 0.435 e. The highest BCUT2D eigenvalue weighted by atomic mass is 19.4. The van der Waals surface area contributed by atoms with E-state index in [0.717, 1.165) is 10.9 Å². The number of carbonyl (C=O) groups is 3. The Morgan fingerprint density at radius 2 is 2.05 bits per heavy atom. The summed E-state index contributed by atoms with van der Waals surface area (Å²) in [5.41, 5.74) is 4.98. The third-order valence-electron chi connectivity index (χ3n) is 6.70. The summed E-state index contributed by atoms with van der Waals surface area (Å²) in [5.74, 6) is -0.783. The van der Waals surface area contributed by atoms with Crippen LogP contribution in [0, 0.1) is 18.3 Å². The number of amides is 2. The van der Waals surface area contributed by atoms with Crippen LogP contribution in [-0.4, -0.2) is 73.0 Å². The summed E-state index contributed by atoms with van der Waals surface area (Å²) in [4.78, 5) is 46.4. The number of anilines is 2. The van der Waals surface area contributed by atoms with Crippen LogP contribution in [-0.2, 0) is 22.3 Å². The average Bonchev–Trinajstić information content (AvgIpc) is 3.57. The SMILES string of the molecule is Cc1c(C(=O)NCC(=O)N2CC(N)C2)ccc(Nc2nccn3c(-c4cn(CC#N)nc4C(F)(F)F)cnc23)c1OC=O. The summed E-state index contributed by atoms with van der Waals surface area (Å²) in [6.07, 6.45) is 0.252. The summed E-state index contributed by atoms with van der Waals surface area (Å²) < 4.78 is 48.7. The fourth-order valence-corrected chi connectivity index (χ4v) is 4.62. The van der Waals surface area contributed by atoms with E-state index in [1.54, 1.807) is 6.07 Å². The normalized spacial score (nSPS) is 13.3. The van der Waals surface area contributed by atoms with E-state index in [1.165, 1.54) is 46.9 Å². The Hall–Kier alpha value is -5.50. The zero-order valence-electron chi connectivity index (χ0n) is 22.4. The molecular weight excluding hydrogens is 573 g/mol. The number of ether oxygens (including phenoxy) is 1. The van der Waals surface area contributed by atoms with Crippen LogP contribution in [0.2, 0.25) is 0 Å². The minimum Gasteiger partial charge on any atom is -0.426 e. The van der Waals surface area contributed by atoms with Crippen molar-refractivity contribution >= 4 is 35.4 Å². The summed E-state index contributed by atoms with van der Waals surface area (Å²) in [6, 6.07) is 4.57. The lowest BCUT2D eigenvalue weighted by molar-refractivity contribution is -0.141. The van der Waals surface area contributed by atoms with Gasteiger partial charge in [-0.2, -0.15) is 23.5 Å². The molecule has 1 aliphatic heterocycles. The molecule has 2 amide bonds. The highest BCUT2D eigenvalue weighted by Gasteiger charge is 2.38. The molecule has 0 spiro atoms. The molecule has 0 unspecified atom stereocenters. The van der Waals surface area contributed by atoms with Crippen molar-refractivity contribution in [3.8, 4) is 23.1 Å². The number of aromatic nitrogens is 5. The smallest absolute Gasteiger partial charge is 0.426 e. The first-order valence-corrected chi connectivity index (χ1v) is 12.7. The first-order valence-electron chi connectivity index (χ1n) is 12.7. The van der Waals surface area contributed by atoms with Crippen LogP contribution in [0.4, 0.5) is 24.7 Å². The van der Waals surface area contributed by atoms with Crippen molar-refractivity contribution in [2.24, 2.45) is 5.73 Å². The lowest BCUT2D eigenvalue weighted by atomic mass is 10.1. The van der Waals surface area contributed by atoms with Gasteiger partial charge in [0.2, 0.25) is 5.91 Å². The standard InChI is InChI=1S/C26H23F3N10O4/c1-14-16(25(42)34-9-20(41)37-10-15(31)11-37)2-3-18(21(14)43-13-40)35-23-24-33-8-19(39(24)7-5-32-23)17-12-38(6-4-30)36-22(17)26(27,28)29/h2-3,5,7-8,12-13,15H,6,9-11,31H2,1H3,(H,32,35)(H,34,42). The van der Waals surface area contributed by atoms with Gasteiger partial charge in [0, 0.05) is 48.8 Å². The third kappa shape index (κ3) is 5.67. The molecule has 17 heteroatoms. The van der Waals surface area contributed by atoms with E-state index >= 15 is 0 Å². The number of rotatable bonds is 9. The molecule has 4 heterocycles. The summed E-state index contributed by atoms with van der Waals surface area (Å²) in [6.45, 7) is 1.91. The van der Waals surface area contributed by atoms with Crippen LogP contribution >= 0.6 is 0 Å². The molecule has 222 valence electrons. The van der Waals surface area contributed by atoms with Gasteiger partial charge in [0.05, 0.1) is 35.8 Å². The number of nitrogens with zero attached hydrogens (tertiary/aromatic N) is 7. The second kappa shape index (κ2) is 11.4. The topological polar surface area (TPSA) is 186 Å². The maximum atomic E-state index is 13.8. The molecule has 0 saturated carbocycles. The number of nitriles is 1. The Morgan fingerprint density at radius 1 is 1.28 bits per heavy atom. The van der Waals surface area contributed by atoms with E-state index in [9.17, 15) is 27.6 Å². The van der Waals surface area contributed by atoms with Crippen LogP contribution in [0.25, 0.3) is 16.9 Å². The predicted octanol–water partition coefficient (Wildman–Crippen LogP) is 1.62. The summed E-state index contributed by atoms with van der Waals surface area (Å²) in [7, 11) is 0. The number of nitrogens with two attached hydrogens (primary N) is 1. The van der Waals surface area contributed by atoms with Gasteiger partial charge in [0.1, 0.15) is 6.54 Å². The number of fused-ring (bicyclic) bond motifs is 1. The Morgan fingerprint density at radius 3 is 2.72 bits per heavy atom. The van der Waals surface area contributed by atoms with Gasteiger partial charge < -0.3 is 26.0 Å². The number of benzene rings is 1. The molecule has 5 rings (SSSR count). The summed E-state index contributed by atoms with van der Waals surface area (Å²) >= 11 is 0. The number of alkyl halides is 3. The molecule has 1 saturated heterocycles.